The zero-order valence-electron chi connectivity index (χ0n) is 26.9. The average Bonchev–Trinajstić information content (AvgIpc) is 3.69. The molecule has 2 aliphatic carbocycles. The minimum Gasteiger partial charge on any atom is -0.493 e. The zero-order chi connectivity index (χ0) is 32.2. The lowest BCUT2D eigenvalue weighted by Crippen LogP contribution is -2.57. The summed E-state index contributed by atoms with van der Waals surface area (Å²) in [4.78, 5) is 29.3. The van der Waals surface area contributed by atoms with Crippen molar-refractivity contribution in [1.29, 1.82) is 0 Å². The molecule has 0 radical (unpaired) electrons. The normalized spacial score (nSPS) is 30.7. The Balaban J connectivity index is 1.48. The number of nitrogens with one attached hydrogen (secondary N) is 1. The number of hydrogen-bond donors (Lipinski definition) is 4. The third-order valence-corrected chi connectivity index (χ3v) is 9.98. The average molecular weight is 631 g/mol. The van der Waals surface area contributed by atoms with Crippen LogP contribution >= 0.6 is 0 Å². The summed E-state index contributed by atoms with van der Waals surface area (Å²) in [5.74, 6) is 0.694. The van der Waals surface area contributed by atoms with Crippen LogP contribution in [-0.2, 0) is 25.7 Å². The predicted octanol–water partition coefficient (Wildman–Crippen LogP) is 2.30. The smallest absolute Gasteiger partial charge is 0.249 e. The third kappa shape index (κ3) is 7.17. The molecule has 4 aliphatic rings. The van der Waals surface area contributed by atoms with E-state index in [4.69, 9.17) is 18.9 Å². The molecule has 0 unspecified atom stereocenters. The summed E-state index contributed by atoms with van der Waals surface area (Å²) in [5, 5.41) is 34.0. The first-order valence-corrected chi connectivity index (χ1v) is 16.5. The molecule has 1 saturated heterocycles. The van der Waals surface area contributed by atoms with Crippen LogP contribution in [0.1, 0.15) is 69.9 Å². The summed E-state index contributed by atoms with van der Waals surface area (Å²) in [6, 6.07) is 2.52. The Labute approximate surface area is 265 Å². The summed E-state index contributed by atoms with van der Waals surface area (Å²) >= 11 is 0. The van der Waals surface area contributed by atoms with Crippen LogP contribution in [0, 0.1) is 17.8 Å². The quantitative estimate of drug-likeness (QED) is 0.273. The molecule has 1 aromatic rings. The summed E-state index contributed by atoms with van der Waals surface area (Å²) < 4.78 is 24.2. The van der Waals surface area contributed by atoms with Crippen LogP contribution in [0.25, 0.3) is 0 Å². The van der Waals surface area contributed by atoms with Gasteiger partial charge in [0.15, 0.2) is 11.5 Å². The van der Waals surface area contributed by atoms with Gasteiger partial charge < -0.3 is 44.5 Å². The van der Waals surface area contributed by atoms with Crippen molar-refractivity contribution in [2.24, 2.45) is 17.8 Å². The lowest BCUT2D eigenvalue weighted by molar-refractivity contribution is -0.149. The monoisotopic (exact) mass is 630 g/mol. The first kappa shape index (κ1) is 33.7. The van der Waals surface area contributed by atoms with Crippen molar-refractivity contribution in [3.8, 4) is 11.5 Å². The maximum atomic E-state index is 14.1. The number of aliphatic hydroxyl groups excluding tert-OH is 3. The summed E-state index contributed by atoms with van der Waals surface area (Å²) in [5.41, 5.74) is 1.50. The van der Waals surface area contributed by atoms with Crippen molar-refractivity contribution in [3.05, 3.63) is 34.9 Å². The van der Waals surface area contributed by atoms with Crippen molar-refractivity contribution in [3.63, 3.8) is 0 Å². The predicted molar refractivity (Wildman–Crippen MR) is 166 cm³/mol. The molecule has 0 spiro atoms. The molecule has 2 aliphatic heterocycles. The number of fused-ring (bicyclic) bond motifs is 3. The molecule has 2 heterocycles. The number of amides is 2. The van der Waals surface area contributed by atoms with E-state index in [-0.39, 0.29) is 51.0 Å². The molecule has 250 valence electrons. The fraction of sp³-hybridized carbons (Fsp3) is 0.706. The van der Waals surface area contributed by atoms with Gasteiger partial charge in [-0.25, -0.2) is 0 Å². The van der Waals surface area contributed by atoms with Gasteiger partial charge in [-0.3, -0.25) is 9.59 Å². The van der Waals surface area contributed by atoms with E-state index in [0.717, 1.165) is 32.1 Å². The first-order valence-electron chi connectivity index (χ1n) is 16.5. The van der Waals surface area contributed by atoms with Crippen LogP contribution in [0.4, 0.5) is 0 Å². The van der Waals surface area contributed by atoms with Crippen molar-refractivity contribution in [2.75, 3.05) is 40.0 Å². The Hall–Kier alpha value is -2.70. The highest BCUT2D eigenvalue weighted by atomic mass is 16.5. The molecule has 2 amide bonds. The van der Waals surface area contributed by atoms with Crippen LogP contribution in [0.5, 0.6) is 11.5 Å². The highest BCUT2D eigenvalue weighted by Gasteiger charge is 2.52. The number of aliphatic hydroxyl groups is 3. The lowest BCUT2D eigenvalue weighted by atomic mass is 9.75. The topological polar surface area (TPSA) is 147 Å². The van der Waals surface area contributed by atoms with Gasteiger partial charge >= 0.3 is 0 Å². The van der Waals surface area contributed by atoms with Crippen LogP contribution < -0.4 is 14.8 Å². The zero-order valence-corrected chi connectivity index (χ0v) is 26.9. The van der Waals surface area contributed by atoms with E-state index in [2.05, 4.69) is 26.1 Å². The number of methoxy groups -OCH3 is 1. The van der Waals surface area contributed by atoms with Gasteiger partial charge in [-0.15, -0.1) is 0 Å². The molecule has 8 atom stereocenters. The molecule has 4 N–H and O–H groups in total. The number of benzene rings is 1. The van der Waals surface area contributed by atoms with Gasteiger partial charge in [-0.05, 0) is 67.2 Å². The van der Waals surface area contributed by atoms with Gasteiger partial charge in [0.25, 0.3) is 0 Å². The standard InChI is InChI=1S/C34H50N2O9/c1-19(2)23-8-7-20(3)12-27(23)44-18-29(39)36(16-22-6-5-11-43-22)26-15-25(34(41)35-9-10-37)30-24-13-21(17-38)14-28(42-4)32(24)45-33(30)31(26)40/h13-15,19-20,22-23,26-27,30-31,33,37-38,40H,5-12,16-18H2,1-4H3,(H,35,41)/t20-,22-,23+,26+,27-,30-,31-,33-/m0/s1. The van der Waals surface area contributed by atoms with Crippen molar-refractivity contribution in [1.82, 2.24) is 10.2 Å². The molecular weight excluding hydrogens is 580 g/mol. The minimum absolute atomic E-state index is 0.0286. The number of nitrogens with zero attached hydrogens (tertiary/aromatic N) is 1. The van der Waals surface area contributed by atoms with Gasteiger partial charge in [0.1, 0.15) is 18.8 Å². The van der Waals surface area contributed by atoms with Crippen LogP contribution in [-0.4, -0.2) is 103 Å². The number of rotatable bonds is 12. The molecule has 1 aromatic carbocycles. The van der Waals surface area contributed by atoms with E-state index in [1.165, 1.54) is 7.11 Å². The van der Waals surface area contributed by atoms with Crippen molar-refractivity contribution in [2.45, 2.75) is 95.9 Å². The van der Waals surface area contributed by atoms with E-state index < -0.39 is 30.1 Å². The van der Waals surface area contributed by atoms with E-state index in [9.17, 15) is 24.9 Å². The molecule has 11 heteroatoms. The fourth-order valence-electron chi connectivity index (χ4n) is 7.58. The second kappa shape index (κ2) is 14.8. The Morgan fingerprint density at radius 1 is 1.18 bits per heavy atom. The Morgan fingerprint density at radius 2 is 1.98 bits per heavy atom. The van der Waals surface area contributed by atoms with E-state index in [1.54, 1.807) is 23.1 Å². The SMILES string of the molecule is COc1cc(CO)cc2c1O[C@@H]1[C@@H](O)[C@H](N(C[C@@H]3CCCO3)C(=O)CO[C@H]3C[C@@H](C)CC[C@@H]3C(C)C)C=C(C(=O)NCCO)[C@H]21. The second-order valence-corrected chi connectivity index (χ2v) is 13.4. The summed E-state index contributed by atoms with van der Waals surface area (Å²) in [6.45, 7) is 6.87. The maximum absolute atomic E-state index is 14.1. The number of hydrogen-bond acceptors (Lipinski definition) is 9. The van der Waals surface area contributed by atoms with E-state index >= 15 is 0 Å². The molecule has 1 saturated carbocycles. The van der Waals surface area contributed by atoms with Crippen LogP contribution in [0.15, 0.2) is 23.8 Å². The van der Waals surface area contributed by atoms with Crippen molar-refractivity contribution >= 4 is 11.8 Å². The Kier molecular flexibility index (Phi) is 11.1. The highest BCUT2D eigenvalue weighted by Crippen LogP contribution is 2.51. The molecule has 0 bridgehead atoms. The first-order chi connectivity index (χ1) is 21.7. The van der Waals surface area contributed by atoms with Gasteiger partial charge in [0, 0.05) is 30.8 Å². The van der Waals surface area contributed by atoms with E-state index in [1.807, 2.05) is 0 Å². The molecule has 2 fully saturated rings. The van der Waals surface area contributed by atoms with Crippen LogP contribution in [0.2, 0.25) is 0 Å². The fourth-order valence-corrected chi connectivity index (χ4v) is 7.58. The number of carbonyl (C=O) groups is 2. The maximum Gasteiger partial charge on any atom is 0.249 e. The Bertz CT molecular complexity index is 1230. The molecular formula is C34H50N2O9. The van der Waals surface area contributed by atoms with Gasteiger partial charge in [0.2, 0.25) is 11.8 Å². The largest absolute Gasteiger partial charge is 0.493 e. The molecule has 0 aromatic heterocycles. The summed E-state index contributed by atoms with van der Waals surface area (Å²) in [6.07, 6.45) is 4.11. The van der Waals surface area contributed by atoms with Crippen molar-refractivity contribution < 1.29 is 43.9 Å². The van der Waals surface area contributed by atoms with Gasteiger partial charge in [-0.1, -0.05) is 27.2 Å². The molecule has 45 heavy (non-hydrogen) atoms. The lowest BCUT2D eigenvalue weighted by Gasteiger charge is -2.42. The van der Waals surface area contributed by atoms with Gasteiger partial charge in [-0.2, -0.15) is 0 Å². The molecule has 5 rings (SSSR count). The number of carbonyl (C=O) groups excluding carboxylic acids is 2. The molecule has 11 nitrogen and oxygen atoms in total. The Morgan fingerprint density at radius 3 is 2.64 bits per heavy atom. The van der Waals surface area contributed by atoms with Gasteiger partial charge in [0.05, 0.1) is 44.5 Å². The summed E-state index contributed by atoms with van der Waals surface area (Å²) in [7, 11) is 1.49. The minimum atomic E-state index is -1.19. The number of ether oxygens (including phenoxy) is 4. The second-order valence-electron chi connectivity index (χ2n) is 13.4. The highest BCUT2D eigenvalue weighted by molar-refractivity contribution is 5.96. The third-order valence-electron chi connectivity index (χ3n) is 9.98. The van der Waals surface area contributed by atoms with Crippen LogP contribution in [0.3, 0.4) is 0 Å². The van der Waals surface area contributed by atoms with E-state index in [0.29, 0.717) is 52.6 Å².